The quantitative estimate of drug-likeness (QED) is 0.896. The molecule has 0 bridgehead atoms. The third kappa shape index (κ3) is 3.12. The van der Waals surface area contributed by atoms with E-state index >= 15 is 0 Å². The van der Waals surface area contributed by atoms with E-state index in [1.807, 2.05) is 19.0 Å². The summed E-state index contributed by atoms with van der Waals surface area (Å²) in [6.45, 7) is 6.76. The van der Waals surface area contributed by atoms with Gasteiger partial charge in [0, 0.05) is 32.7 Å². The molecule has 2 amide bonds. The monoisotopic (exact) mass is 275 g/mol. The van der Waals surface area contributed by atoms with Crippen molar-refractivity contribution in [3.8, 4) is 0 Å². The molecule has 0 spiro atoms. The van der Waals surface area contributed by atoms with Gasteiger partial charge in [-0.25, -0.2) is 4.79 Å². The van der Waals surface area contributed by atoms with Crippen LogP contribution < -0.4 is 5.32 Å². The molecule has 1 unspecified atom stereocenters. The van der Waals surface area contributed by atoms with Crippen molar-refractivity contribution in [3.05, 3.63) is 35.4 Å². The Balaban J connectivity index is 2.06. The molecule has 1 saturated heterocycles. The summed E-state index contributed by atoms with van der Waals surface area (Å²) < 4.78 is 0. The highest BCUT2D eigenvalue weighted by atomic mass is 16.2. The first kappa shape index (κ1) is 14.9. The molecule has 2 rings (SSSR count). The topological polar surface area (TPSA) is 35.6 Å². The van der Waals surface area contributed by atoms with Gasteiger partial charge in [0.05, 0.1) is 0 Å². The van der Waals surface area contributed by atoms with Crippen LogP contribution in [-0.2, 0) is 0 Å². The van der Waals surface area contributed by atoms with E-state index in [9.17, 15) is 4.79 Å². The van der Waals surface area contributed by atoms with Gasteiger partial charge in [0.1, 0.15) is 0 Å². The van der Waals surface area contributed by atoms with E-state index in [0.717, 1.165) is 19.6 Å². The number of hydrogen-bond donors (Lipinski definition) is 1. The number of carbonyl (C=O) groups is 1. The van der Waals surface area contributed by atoms with E-state index in [1.165, 1.54) is 11.1 Å². The second-order valence-corrected chi connectivity index (χ2v) is 5.81. The lowest BCUT2D eigenvalue weighted by Gasteiger charge is -2.24. The summed E-state index contributed by atoms with van der Waals surface area (Å²) in [6, 6.07) is 9.02. The van der Waals surface area contributed by atoms with Gasteiger partial charge < -0.3 is 15.1 Å². The van der Waals surface area contributed by atoms with Crippen molar-refractivity contribution < 1.29 is 4.79 Å². The number of rotatable bonds is 5. The molecule has 1 atom stereocenters. The van der Waals surface area contributed by atoms with E-state index in [1.54, 1.807) is 4.90 Å². The minimum absolute atomic E-state index is 0.129. The molecule has 0 aliphatic carbocycles. The van der Waals surface area contributed by atoms with Gasteiger partial charge in [0.15, 0.2) is 0 Å². The lowest BCUT2D eigenvalue weighted by Crippen LogP contribution is -2.36. The SMILES string of the molecule is CNC(CN1CCN(C)C1=O)c1ccc(C(C)C)cc1. The summed E-state index contributed by atoms with van der Waals surface area (Å²) in [6.07, 6.45) is 0. The molecule has 0 aromatic heterocycles. The van der Waals surface area contributed by atoms with Crippen molar-refractivity contribution in [2.24, 2.45) is 0 Å². The molecule has 4 nitrogen and oxygen atoms in total. The van der Waals surface area contributed by atoms with Crippen molar-refractivity contribution in [2.75, 3.05) is 33.7 Å². The highest BCUT2D eigenvalue weighted by Gasteiger charge is 2.27. The van der Waals surface area contributed by atoms with E-state index in [4.69, 9.17) is 0 Å². The van der Waals surface area contributed by atoms with Crippen LogP contribution in [-0.4, -0.2) is 49.6 Å². The third-order valence-electron chi connectivity index (χ3n) is 4.06. The Hall–Kier alpha value is -1.55. The predicted octanol–water partition coefficient (Wildman–Crippen LogP) is 2.44. The molecule has 110 valence electrons. The summed E-state index contributed by atoms with van der Waals surface area (Å²) in [5, 5.41) is 3.32. The second-order valence-electron chi connectivity index (χ2n) is 5.81. The molecule has 4 heteroatoms. The number of benzene rings is 1. The first-order valence-electron chi connectivity index (χ1n) is 7.30. The smallest absolute Gasteiger partial charge is 0.319 e. The zero-order valence-electron chi connectivity index (χ0n) is 12.9. The number of carbonyl (C=O) groups excluding carboxylic acids is 1. The van der Waals surface area contributed by atoms with E-state index in [-0.39, 0.29) is 12.1 Å². The summed E-state index contributed by atoms with van der Waals surface area (Å²) in [4.78, 5) is 15.6. The normalized spacial score (nSPS) is 17.1. The Kier molecular flexibility index (Phi) is 4.65. The van der Waals surface area contributed by atoms with Crippen molar-refractivity contribution in [3.63, 3.8) is 0 Å². The second kappa shape index (κ2) is 6.27. The van der Waals surface area contributed by atoms with Crippen LogP contribution in [0.4, 0.5) is 4.79 Å². The summed E-state index contributed by atoms with van der Waals surface area (Å²) >= 11 is 0. The third-order valence-corrected chi connectivity index (χ3v) is 4.06. The average molecular weight is 275 g/mol. The molecule has 1 heterocycles. The molecule has 1 aromatic rings. The van der Waals surface area contributed by atoms with Crippen LogP contribution in [0.2, 0.25) is 0 Å². The molecule has 0 saturated carbocycles. The number of nitrogens with one attached hydrogen (secondary N) is 1. The van der Waals surface area contributed by atoms with Gasteiger partial charge in [0.2, 0.25) is 0 Å². The molecular weight excluding hydrogens is 250 g/mol. The highest BCUT2D eigenvalue weighted by Crippen LogP contribution is 2.20. The Morgan fingerprint density at radius 2 is 1.75 bits per heavy atom. The van der Waals surface area contributed by atoms with E-state index < -0.39 is 0 Å². The number of nitrogens with zero attached hydrogens (tertiary/aromatic N) is 2. The largest absolute Gasteiger partial charge is 0.326 e. The number of hydrogen-bond acceptors (Lipinski definition) is 2. The predicted molar refractivity (Wildman–Crippen MR) is 81.9 cm³/mol. The molecule has 20 heavy (non-hydrogen) atoms. The Morgan fingerprint density at radius 3 is 2.20 bits per heavy atom. The zero-order valence-corrected chi connectivity index (χ0v) is 12.9. The molecule has 1 aliphatic rings. The minimum atomic E-state index is 0.129. The van der Waals surface area contributed by atoms with Crippen LogP contribution in [0.15, 0.2) is 24.3 Å². The standard InChI is InChI=1S/C16H25N3O/c1-12(2)13-5-7-14(8-6-13)15(17-3)11-19-10-9-18(4)16(19)20/h5-8,12,15,17H,9-11H2,1-4H3. The van der Waals surface area contributed by atoms with Crippen LogP contribution >= 0.6 is 0 Å². The number of likely N-dealkylation sites (N-methyl/N-ethyl adjacent to an activating group) is 2. The van der Waals surface area contributed by atoms with Crippen LogP contribution in [0.3, 0.4) is 0 Å². The van der Waals surface area contributed by atoms with Gasteiger partial charge in [-0.15, -0.1) is 0 Å². The average Bonchev–Trinajstić information content (AvgIpc) is 2.76. The summed E-state index contributed by atoms with van der Waals surface area (Å²) in [5.41, 5.74) is 2.58. The number of amides is 2. The van der Waals surface area contributed by atoms with Crippen molar-refractivity contribution in [2.45, 2.75) is 25.8 Å². The Labute approximate surface area is 121 Å². The van der Waals surface area contributed by atoms with Gasteiger partial charge in [-0.05, 0) is 24.1 Å². The minimum Gasteiger partial charge on any atom is -0.326 e. The number of urea groups is 1. The van der Waals surface area contributed by atoms with Gasteiger partial charge in [0.25, 0.3) is 0 Å². The highest BCUT2D eigenvalue weighted by molar-refractivity contribution is 5.76. The molecule has 1 aliphatic heterocycles. The maximum absolute atomic E-state index is 12.0. The summed E-state index contributed by atoms with van der Waals surface area (Å²) in [5.74, 6) is 0.547. The fraction of sp³-hybridized carbons (Fsp3) is 0.562. The maximum atomic E-state index is 12.0. The molecule has 1 aromatic carbocycles. The first-order valence-corrected chi connectivity index (χ1v) is 7.30. The van der Waals surface area contributed by atoms with Gasteiger partial charge in [-0.3, -0.25) is 0 Å². The lowest BCUT2D eigenvalue weighted by molar-refractivity contribution is 0.194. The van der Waals surface area contributed by atoms with Crippen molar-refractivity contribution in [1.82, 2.24) is 15.1 Å². The molecule has 1 N–H and O–H groups in total. The van der Waals surface area contributed by atoms with Gasteiger partial charge >= 0.3 is 6.03 Å². The van der Waals surface area contributed by atoms with Crippen LogP contribution in [0.5, 0.6) is 0 Å². The Morgan fingerprint density at radius 1 is 1.15 bits per heavy atom. The zero-order chi connectivity index (χ0) is 14.7. The first-order chi connectivity index (χ1) is 9.52. The summed E-state index contributed by atoms with van der Waals surface area (Å²) in [7, 11) is 3.80. The van der Waals surface area contributed by atoms with Crippen LogP contribution in [0, 0.1) is 0 Å². The van der Waals surface area contributed by atoms with Crippen molar-refractivity contribution >= 4 is 6.03 Å². The van der Waals surface area contributed by atoms with E-state index in [2.05, 4.69) is 43.4 Å². The van der Waals surface area contributed by atoms with Crippen molar-refractivity contribution in [1.29, 1.82) is 0 Å². The van der Waals surface area contributed by atoms with Crippen LogP contribution in [0.25, 0.3) is 0 Å². The maximum Gasteiger partial charge on any atom is 0.319 e. The molecular formula is C16H25N3O. The fourth-order valence-corrected chi connectivity index (χ4v) is 2.57. The molecule has 0 radical (unpaired) electrons. The lowest BCUT2D eigenvalue weighted by atomic mass is 9.99. The van der Waals surface area contributed by atoms with E-state index in [0.29, 0.717) is 5.92 Å². The van der Waals surface area contributed by atoms with Gasteiger partial charge in [-0.2, -0.15) is 0 Å². The molecule has 1 fully saturated rings. The van der Waals surface area contributed by atoms with Crippen LogP contribution in [0.1, 0.15) is 36.9 Å². The Bertz CT molecular complexity index is 455. The van der Waals surface area contributed by atoms with Gasteiger partial charge in [-0.1, -0.05) is 38.1 Å². The fourth-order valence-electron chi connectivity index (χ4n) is 2.57.